The molecule has 0 radical (unpaired) electrons. The van der Waals surface area contributed by atoms with E-state index in [1.165, 1.54) is 4.57 Å². The summed E-state index contributed by atoms with van der Waals surface area (Å²) in [6.45, 7) is 1.88. The zero-order valence-corrected chi connectivity index (χ0v) is 19.8. The Kier molecular flexibility index (Phi) is 5.59. The molecule has 2 unspecified atom stereocenters. The summed E-state index contributed by atoms with van der Waals surface area (Å²) in [5, 5.41) is 9.54. The number of para-hydroxylation sites is 1. The van der Waals surface area contributed by atoms with Crippen molar-refractivity contribution in [2.45, 2.75) is 37.8 Å². The van der Waals surface area contributed by atoms with Crippen molar-refractivity contribution >= 4 is 23.5 Å². The maximum Gasteiger partial charge on any atom is 0.340 e. The monoisotopic (exact) mass is 495 g/mol. The molecular formula is C25H25N3O8. The predicted octanol–water partition coefficient (Wildman–Crippen LogP) is 0.789. The lowest BCUT2D eigenvalue weighted by atomic mass is 9.68. The van der Waals surface area contributed by atoms with Crippen molar-refractivity contribution in [3.05, 3.63) is 69.0 Å². The Hall–Kier alpha value is -4.12. The summed E-state index contributed by atoms with van der Waals surface area (Å²) in [6.07, 6.45) is 1.47. The summed E-state index contributed by atoms with van der Waals surface area (Å²) in [7, 11) is 1.12. The number of nitrogens with zero attached hydrogens (tertiary/aromatic N) is 2. The second-order valence-electron chi connectivity index (χ2n) is 8.96. The molecule has 1 amide bonds. The first-order chi connectivity index (χ1) is 17.2. The fraction of sp³-hybridized carbons (Fsp3) is 0.360. The molecular weight excluding hydrogens is 470 g/mol. The van der Waals surface area contributed by atoms with Gasteiger partial charge >= 0.3 is 11.9 Å². The van der Waals surface area contributed by atoms with Crippen molar-refractivity contribution in [1.29, 1.82) is 0 Å². The summed E-state index contributed by atoms with van der Waals surface area (Å²) >= 11 is 0. The Morgan fingerprint density at radius 2 is 2.03 bits per heavy atom. The third-order valence-corrected chi connectivity index (χ3v) is 6.95. The molecule has 1 spiro atoms. The lowest BCUT2D eigenvalue weighted by Gasteiger charge is -2.36. The van der Waals surface area contributed by atoms with Crippen LogP contribution in [0, 0.1) is 6.92 Å². The molecule has 1 aromatic heterocycles. The molecule has 11 nitrogen and oxygen atoms in total. The third-order valence-electron chi connectivity index (χ3n) is 6.95. The van der Waals surface area contributed by atoms with E-state index in [-0.39, 0.29) is 40.8 Å². The van der Waals surface area contributed by atoms with Crippen molar-refractivity contribution in [1.82, 2.24) is 4.57 Å². The van der Waals surface area contributed by atoms with Crippen LogP contribution in [-0.2, 0) is 35.8 Å². The van der Waals surface area contributed by atoms with E-state index in [0.717, 1.165) is 24.9 Å². The number of rotatable bonds is 5. The Morgan fingerprint density at radius 1 is 1.28 bits per heavy atom. The largest absolute Gasteiger partial charge is 0.480 e. The molecule has 0 saturated carbocycles. The highest BCUT2D eigenvalue weighted by atomic mass is 16.5. The van der Waals surface area contributed by atoms with Gasteiger partial charge in [0.25, 0.3) is 5.56 Å². The number of carboxylic acid groups (broad SMARTS) is 1. The average Bonchev–Trinajstić information content (AvgIpc) is 3.43. The highest BCUT2D eigenvalue weighted by Gasteiger charge is 2.62. The summed E-state index contributed by atoms with van der Waals surface area (Å²) in [6, 6.07) is 7.99. The highest BCUT2D eigenvalue weighted by molar-refractivity contribution is 6.19. The minimum atomic E-state index is -2.06. The number of ether oxygens (including phenoxy) is 3. The number of fused-ring (bicyclic) bond motifs is 4. The number of aromatic nitrogens is 1. The van der Waals surface area contributed by atoms with E-state index in [1.54, 1.807) is 37.3 Å². The standard InChI is InChI=1S/C25H25N3O8/c1-13-10-17-19(22(31)27(13)11-14-6-5-9-35-14)25(20(21(26)36-17)23(32)34-2)15-7-3-4-8-16(15)28(24(25)33)12-18(29)30/h3-4,7-8,10,14H,5-6,9,11-12,26H2,1-2H3,(H,29,30). The van der Waals surface area contributed by atoms with Crippen molar-refractivity contribution in [2.24, 2.45) is 5.73 Å². The predicted molar refractivity (Wildman–Crippen MR) is 125 cm³/mol. The number of methoxy groups -OCH3 is 1. The van der Waals surface area contributed by atoms with Crippen LogP contribution in [0.5, 0.6) is 5.75 Å². The van der Waals surface area contributed by atoms with Gasteiger partial charge in [0.2, 0.25) is 11.8 Å². The molecule has 1 aromatic carbocycles. The summed E-state index contributed by atoms with van der Waals surface area (Å²) in [4.78, 5) is 54.2. The molecule has 0 aliphatic carbocycles. The Labute approximate surface area is 205 Å². The van der Waals surface area contributed by atoms with E-state index < -0.39 is 41.2 Å². The number of carbonyl (C=O) groups excluding carboxylic acids is 2. The molecule has 1 saturated heterocycles. The van der Waals surface area contributed by atoms with E-state index in [9.17, 15) is 24.3 Å². The molecule has 3 N–H and O–H groups in total. The van der Waals surface area contributed by atoms with Gasteiger partial charge in [0.15, 0.2) is 0 Å². The second-order valence-corrected chi connectivity index (χ2v) is 8.96. The SMILES string of the molecule is COC(=O)C1=C(N)Oc2cc(C)n(CC3CCCO3)c(=O)c2C12C(=O)N(CC(=O)O)c1ccccc12. The zero-order valence-electron chi connectivity index (χ0n) is 19.8. The quantitative estimate of drug-likeness (QED) is 0.574. The normalized spacial score (nSPS) is 22.4. The summed E-state index contributed by atoms with van der Waals surface area (Å²) in [5.41, 5.74) is 4.15. The van der Waals surface area contributed by atoms with Crippen LogP contribution in [0.25, 0.3) is 0 Å². The highest BCUT2D eigenvalue weighted by Crippen LogP contribution is 2.54. The maximum atomic E-state index is 14.2. The number of benzene rings is 1. The van der Waals surface area contributed by atoms with Crippen molar-refractivity contribution in [3.8, 4) is 5.75 Å². The number of amides is 1. The summed E-state index contributed by atoms with van der Waals surface area (Å²) < 4.78 is 17.9. The molecule has 4 heterocycles. The molecule has 188 valence electrons. The van der Waals surface area contributed by atoms with E-state index in [1.807, 2.05) is 0 Å². The van der Waals surface area contributed by atoms with Crippen LogP contribution in [0.4, 0.5) is 5.69 Å². The van der Waals surface area contributed by atoms with E-state index in [2.05, 4.69) is 0 Å². The second kappa shape index (κ2) is 8.52. The minimum Gasteiger partial charge on any atom is -0.480 e. The topological polar surface area (TPSA) is 150 Å². The van der Waals surface area contributed by atoms with Gasteiger partial charge in [0, 0.05) is 29.6 Å². The lowest BCUT2D eigenvalue weighted by molar-refractivity contribution is -0.138. The Morgan fingerprint density at radius 3 is 2.69 bits per heavy atom. The molecule has 36 heavy (non-hydrogen) atoms. The van der Waals surface area contributed by atoms with E-state index >= 15 is 0 Å². The molecule has 3 aliphatic rings. The molecule has 11 heteroatoms. The van der Waals surface area contributed by atoms with Crippen LogP contribution in [0.2, 0.25) is 0 Å². The zero-order chi connectivity index (χ0) is 25.8. The number of pyridine rings is 1. The molecule has 2 atom stereocenters. The number of hydrogen-bond acceptors (Lipinski definition) is 8. The lowest BCUT2D eigenvalue weighted by Crippen LogP contribution is -2.52. The van der Waals surface area contributed by atoms with Crippen molar-refractivity contribution < 1.29 is 33.7 Å². The van der Waals surface area contributed by atoms with Crippen LogP contribution < -0.4 is 20.9 Å². The van der Waals surface area contributed by atoms with Gasteiger partial charge < -0.3 is 29.6 Å². The van der Waals surface area contributed by atoms with Gasteiger partial charge in [-0.25, -0.2) is 4.79 Å². The first-order valence-electron chi connectivity index (χ1n) is 11.5. The van der Waals surface area contributed by atoms with Crippen LogP contribution in [0.3, 0.4) is 0 Å². The van der Waals surface area contributed by atoms with Gasteiger partial charge in [-0.15, -0.1) is 0 Å². The van der Waals surface area contributed by atoms with Gasteiger partial charge in [-0.3, -0.25) is 19.3 Å². The van der Waals surface area contributed by atoms with Gasteiger partial charge in [-0.05, 0) is 25.8 Å². The number of esters is 1. The van der Waals surface area contributed by atoms with Crippen LogP contribution >= 0.6 is 0 Å². The Balaban J connectivity index is 1.86. The molecule has 2 aromatic rings. The van der Waals surface area contributed by atoms with Gasteiger partial charge in [-0.2, -0.15) is 0 Å². The number of nitrogens with two attached hydrogens (primary N) is 1. The van der Waals surface area contributed by atoms with E-state index in [0.29, 0.717) is 12.3 Å². The molecule has 5 rings (SSSR count). The fourth-order valence-electron chi connectivity index (χ4n) is 5.45. The fourth-order valence-corrected chi connectivity index (χ4v) is 5.45. The number of anilines is 1. The van der Waals surface area contributed by atoms with Gasteiger partial charge in [0.1, 0.15) is 23.3 Å². The molecule has 1 fully saturated rings. The third kappa shape index (κ3) is 3.23. The number of aryl methyl sites for hydroxylation is 1. The molecule has 0 bridgehead atoms. The van der Waals surface area contributed by atoms with Crippen LogP contribution in [0.1, 0.15) is 29.7 Å². The molecule has 3 aliphatic heterocycles. The van der Waals surface area contributed by atoms with Crippen molar-refractivity contribution in [2.75, 3.05) is 25.2 Å². The minimum absolute atomic E-state index is 0.0200. The average molecular weight is 495 g/mol. The first-order valence-corrected chi connectivity index (χ1v) is 11.5. The summed E-state index contributed by atoms with van der Waals surface area (Å²) in [5.74, 6) is -3.41. The number of hydrogen-bond donors (Lipinski definition) is 2. The van der Waals surface area contributed by atoms with E-state index in [4.69, 9.17) is 19.9 Å². The Bertz CT molecular complexity index is 1390. The van der Waals surface area contributed by atoms with Crippen molar-refractivity contribution in [3.63, 3.8) is 0 Å². The van der Waals surface area contributed by atoms with Crippen LogP contribution in [-0.4, -0.2) is 53.9 Å². The van der Waals surface area contributed by atoms with Crippen LogP contribution in [0.15, 0.2) is 46.6 Å². The number of carboxylic acids is 1. The number of aliphatic carboxylic acids is 1. The van der Waals surface area contributed by atoms with Gasteiger partial charge in [-0.1, -0.05) is 18.2 Å². The number of carbonyl (C=O) groups is 3. The maximum absolute atomic E-state index is 14.2. The smallest absolute Gasteiger partial charge is 0.340 e. The van der Waals surface area contributed by atoms with Gasteiger partial charge in [0.05, 0.1) is 25.3 Å². The first kappa shape index (κ1) is 23.6.